The molecule has 1 aliphatic carbocycles. The van der Waals surface area contributed by atoms with Crippen molar-refractivity contribution in [2.75, 3.05) is 12.4 Å². The van der Waals surface area contributed by atoms with Crippen molar-refractivity contribution >= 4 is 23.5 Å². The van der Waals surface area contributed by atoms with Gasteiger partial charge in [-0.1, -0.05) is 11.8 Å². The van der Waals surface area contributed by atoms with Gasteiger partial charge in [-0.2, -0.15) is 0 Å². The maximum absolute atomic E-state index is 12.3. The van der Waals surface area contributed by atoms with Crippen molar-refractivity contribution in [3.8, 4) is 5.75 Å². The Bertz CT molecular complexity index is 734. The number of benzene rings is 1. The van der Waals surface area contributed by atoms with Gasteiger partial charge in [0.1, 0.15) is 5.75 Å². The van der Waals surface area contributed by atoms with Crippen molar-refractivity contribution < 1.29 is 9.53 Å². The Morgan fingerprint density at radius 2 is 1.92 bits per heavy atom. The van der Waals surface area contributed by atoms with Crippen LogP contribution < -0.4 is 15.4 Å². The van der Waals surface area contributed by atoms with Crippen LogP contribution in [0.4, 0.5) is 10.5 Å². The molecule has 138 valence electrons. The second kappa shape index (κ2) is 8.89. The minimum Gasteiger partial charge on any atom is -0.497 e. The maximum Gasteiger partial charge on any atom is 0.319 e. The zero-order valence-corrected chi connectivity index (χ0v) is 15.9. The Balaban J connectivity index is 1.45. The number of anilines is 1. The van der Waals surface area contributed by atoms with E-state index < -0.39 is 0 Å². The third kappa shape index (κ3) is 5.11. The van der Waals surface area contributed by atoms with E-state index in [0.717, 1.165) is 47.8 Å². The van der Waals surface area contributed by atoms with Crippen molar-refractivity contribution in [3.05, 3.63) is 42.2 Å². The Morgan fingerprint density at radius 1 is 1.19 bits per heavy atom. The molecule has 0 unspecified atom stereocenters. The lowest BCUT2D eigenvalue weighted by atomic mass is 9.95. The summed E-state index contributed by atoms with van der Waals surface area (Å²) >= 11 is 1.73. The first kappa shape index (κ1) is 18.5. The summed E-state index contributed by atoms with van der Waals surface area (Å²) in [5, 5.41) is 7.36. The minimum atomic E-state index is -0.152. The lowest BCUT2D eigenvalue weighted by Gasteiger charge is -2.28. The predicted octanol–water partition coefficient (Wildman–Crippen LogP) is 4.02. The number of aryl methyl sites for hydroxylation is 1. The second-order valence-electron chi connectivity index (χ2n) is 6.40. The van der Waals surface area contributed by atoms with E-state index in [1.54, 1.807) is 31.3 Å². The largest absolute Gasteiger partial charge is 0.497 e. The Labute approximate surface area is 158 Å². The van der Waals surface area contributed by atoms with E-state index in [0.29, 0.717) is 5.25 Å². The number of ether oxygens (including phenoxy) is 1. The number of thioether (sulfide) groups is 1. The molecule has 2 amide bonds. The third-order valence-electron chi connectivity index (χ3n) is 4.51. The number of urea groups is 1. The van der Waals surface area contributed by atoms with Crippen LogP contribution in [0.2, 0.25) is 0 Å². The van der Waals surface area contributed by atoms with E-state index in [2.05, 4.69) is 20.6 Å². The Hall–Kier alpha value is -2.28. The molecule has 1 aromatic carbocycles. The van der Waals surface area contributed by atoms with Gasteiger partial charge in [0, 0.05) is 29.4 Å². The van der Waals surface area contributed by atoms with E-state index in [9.17, 15) is 4.79 Å². The van der Waals surface area contributed by atoms with Crippen LogP contribution in [0.5, 0.6) is 5.75 Å². The van der Waals surface area contributed by atoms with Crippen molar-refractivity contribution in [2.45, 2.75) is 49.1 Å². The van der Waals surface area contributed by atoms with Gasteiger partial charge in [-0.05, 0) is 62.4 Å². The number of amides is 2. The van der Waals surface area contributed by atoms with Crippen molar-refractivity contribution in [1.82, 2.24) is 15.3 Å². The molecule has 0 atom stereocenters. The summed E-state index contributed by atoms with van der Waals surface area (Å²) in [4.78, 5) is 20.8. The molecule has 0 bridgehead atoms. The summed E-state index contributed by atoms with van der Waals surface area (Å²) in [6.45, 7) is 1.95. The zero-order valence-electron chi connectivity index (χ0n) is 15.1. The van der Waals surface area contributed by atoms with Gasteiger partial charge in [0.05, 0.1) is 7.11 Å². The smallest absolute Gasteiger partial charge is 0.319 e. The Kier molecular flexibility index (Phi) is 6.33. The molecule has 3 rings (SSSR count). The maximum atomic E-state index is 12.3. The van der Waals surface area contributed by atoms with Crippen LogP contribution in [-0.2, 0) is 0 Å². The molecule has 1 saturated carbocycles. The molecular weight excluding hydrogens is 348 g/mol. The van der Waals surface area contributed by atoms with Crippen molar-refractivity contribution in [2.24, 2.45) is 0 Å². The number of carbonyl (C=O) groups excluding carboxylic acids is 1. The topological polar surface area (TPSA) is 76.1 Å². The number of hydrogen-bond acceptors (Lipinski definition) is 5. The SMILES string of the molecule is COc1ccc(NC(=O)NC2CCC(Sc3ncccn3)CC2)c(C)c1. The predicted molar refractivity (Wildman–Crippen MR) is 104 cm³/mol. The van der Waals surface area contributed by atoms with Crippen LogP contribution in [0.3, 0.4) is 0 Å². The molecule has 1 fully saturated rings. The van der Waals surface area contributed by atoms with Crippen LogP contribution in [-0.4, -0.2) is 34.4 Å². The molecule has 7 heteroatoms. The number of methoxy groups -OCH3 is 1. The normalized spacial score (nSPS) is 19.6. The number of hydrogen-bond donors (Lipinski definition) is 2. The van der Waals surface area contributed by atoms with Gasteiger partial charge in [-0.25, -0.2) is 14.8 Å². The van der Waals surface area contributed by atoms with E-state index in [1.807, 2.05) is 31.2 Å². The molecule has 0 aliphatic heterocycles. The number of carbonyl (C=O) groups is 1. The highest BCUT2D eigenvalue weighted by Gasteiger charge is 2.23. The van der Waals surface area contributed by atoms with Gasteiger partial charge in [0.2, 0.25) is 0 Å². The molecule has 0 spiro atoms. The molecule has 0 saturated heterocycles. The molecule has 1 aromatic heterocycles. The molecule has 2 aromatic rings. The molecule has 2 N–H and O–H groups in total. The summed E-state index contributed by atoms with van der Waals surface area (Å²) in [5.74, 6) is 0.784. The Morgan fingerprint density at radius 3 is 2.58 bits per heavy atom. The van der Waals surface area contributed by atoms with Crippen LogP contribution in [0.25, 0.3) is 0 Å². The second-order valence-corrected chi connectivity index (χ2v) is 7.67. The molecule has 1 heterocycles. The number of nitrogens with one attached hydrogen (secondary N) is 2. The highest BCUT2D eigenvalue weighted by atomic mass is 32.2. The van der Waals surface area contributed by atoms with Crippen LogP contribution in [0.1, 0.15) is 31.2 Å². The molecule has 6 nitrogen and oxygen atoms in total. The lowest BCUT2D eigenvalue weighted by Crippen LogP contribution is -2.40. The number of aromatic nitrogens is 2. The summed E-state index contributed by atoms with van der Waals surface area (Å²) in [5.41, 5.74) is 1.77. The standard InChI is InChI=1S/C19H24N4O2S/c1-13-12-15(25-2)6-9-17(13)23-18(24)22-14-4-7-16(8-5-14)26-19-20-10-3-11-21-19/h3,6,9-12,14,16H,4-5,7-8H2,1-2H3,(H2,22,23,24). The summed E-state index contributed by atoms with van der Waals surface area (Å²) in [7, 11) is 1.63. The minimum absolute atomic E-state index is 0.152. The van der Waals surface area contributed by atoms with Crippen LogP contribution >= 0.6 is 11.8 Å². The van der Waals surface area contributed by atoms with Crippen molar-refractivity contribution in [1.29, 1.82) is 0 Å². The lowest BCUT2D eigenvalue weighted by molar-refractivity contribution is 0.244. The summed E-state index contributed by atoms with van der Waals surface area (Å²) in [6, 6.07) is 7.50. The molecule has 26 heavy (non-hydrogen) atoms. The molecule has 1 aliphatic rings. The van der Waals surface area contributed by atoms with Gasteiger partial charge < -0.3 is 15.4 Å². The quantitative estimate of drug-likeness (QED) is 0.775. The first-order valence-corrected chi connectivity index (χ1v) is 9.68. The average molecular weight is 372 g/mol. The summed E-state index contributed by atoms with van der Waals surface area (Å²) < 4.78 is 5.19. The fraction of sp³-hybridized carbons (Fsp3) is 0.421. The third-order valence-corrected chi connectivity index (χ3v) is 5.73. The van der Waals surface area contributed by atoms with Crippen molar-refractivity contribution in [3.63, 3.8) is 0 Å². The van der Waals surface area contributed by atoms with E-state index in [4.69, 9.17) is 4.74 Å². The zero-order chi connectivity index (χ0) is 18.4. The van der Waals surface area contributed by atoms with Crippen LogP contribution in [0, 0.1) is 6.92 Å². The highest BCUT2D eigenvalue weighted by molar-refractivity contribution is 7.99. The first-order valence-electron chi connectivity index (χ1n) is 8.80. The van der Waals surface area contributed by atoms with Gasteiger partial charge in [0.25, 0.3) is 0 Å². The number of nitrogens with zero attached hydrogens (tertiary/aromatic N) is 2. The molecular formula is C19H24N4O2S. The van der Waals surface area contributed by atoms with Gasteiger partial charge in [-0.15, -0.1) is 0 Å². The fourth-order valence-corrected chi connectivity index (χ4v) is 4.12. The fourth-order valence-electron chi connectivity index (χ4n) is 3.07. The number of rotatable bonds is 5. The van der Waals surface area contributed by atoms with E-state index in [-0.39, 0.29) is 12.1 Å². The van der Waals surface area contributed by atoms with E-state index >= 15 is 0 Å². The average Bonchev–Trinajstić information content (AvgIpc) is 2.66. The molecule has 0 radical (unpaired) electrons. The van der Waals surface area contributed by atoms with Gasteiger partial charge in [-0.3, -0.25) is 0 Å². The van der Waals surface area contributed by atoms with E-state index in [1.165, 1.54) is 0 Å². The first-order chi connectivity index (χ1) is 12.6. The summed E-state index contributed by atoms with van der Waals surface area (Å²) in [6.07, 6.45) is 7.59. The van der Waals surface area contributed by atoms with Crippen LogP contribution in [0.15, 0.2) is 41.8 Å². The highest BCUT2D eigenvalue weighted by Crippen LogP contribution is 2.31. The van der Waals surface area contributed by atoms with Gasteiger partial charge in [0.15, 0.2) is 5.16 Å². The monoisotopic (exact) mass is 372 g/mol. The van der Waals surface area contributed by atoms with Gasteiger partial charge >= 0.3 is 6.03 Å².